The van der Waals surface area contributed by atoms with Gasteiger partial charge in [0.1, 0.15) is 0 Å². The lowest BCUT2D eigenvalue weighted by atomic mass is 9.65. The van der Waals surface area contributed by atoms with E-state index >= 15 is 0 Å². The highest BCUT2D eigenvalue weighted by atomic mass is 15.4. The summed E-state index contributed by atoms with van der Waals surface area (Å²) in [5, 5.41) is 0. The van der Waals surface area contributed by atoms with Crippen LogP contribution >= 0.6 is 0 Å². The molecule has 0 radical (unpaired) electrons. The number of benzene rings is 1. The van der Waals surface area contributed by atoms with Gasteiger partial charge >= 0.3 is 0 Å². The van der Waals surface area contributed by atoms with E-state index in [4.69, 9.17) is 5.73 Å². The number of fused-ring (bicyclic) bond motifs is 2. The fourth-order valence-corrected chi connectivity index (χ4v) is 4.14. The number of hydrogen-bond acceptors (Lipinski definition) is 3. The van der Waals surface area contributed by atoms with Crippen LogP contribution in [0.25, 0.3) is 0 Å². The van der Waals surface area contributed by atoms with Crippen molar-refractivity contribution in [3.63, 3.8) is 0 Å². The van der Waals surface area contributed by atoms with Crippen LogP contribution in [0.15, 0.2) is 29.3 Å². The zero-order chi connectivity index (χ0) is 14.7. The Morgan fingerprint density at radius 2 is 1.90 bits per heavy atom. The van der Waals surface area contributed by atoms with E-state index in [1.165, 1.54) is 30.4 Å². The first-order chi connectivity index (χ1) is 10.0. The van der Waals surface area contributed by atoms with Crippen molar-refractivity contribution in [1.29, 1.82) is 0 Å². The van der Waals surface area contributed by atoms with Crippen LogP contribution < -0.4 is 5.73 Å². The maximum Gasteiger partial charge on any atom is 0.192 e. The fourth-order valence-electron chi connectivity index (χ4n) is 4.14. The molecular weight excluding hydrogens is 258 g/mol. The van der Waals surface area contributed by atoms with Gasteiger partial charge in [-0.05, 0) is 48.1 Å². The standard InChI is InChI=1S/C18H25N3/c1-17(2)9-10-18(15-6-4-3-5-14(15)17)12-20-16(19)21(18)11-13-7-8-13/h3-6,13H,7-12H2,1-2H3,(H2,19,20). The van der Waals surface area contributed by atoms with E-state index in [1.54, 1.807) is 0 Å². The molecule has 4 rings (SSSR count). The molecule has 0 bridgehead atoms. The summed E-state index contributed by atoms with van der Waals surface area (Å²) in [5.74, 6) is 1.59. The smallest absolute Gasteiger partial charge is 0.192 e. The molecular formula is C18H25N3. The van der Waals surface area contributed by atoms with Crippen LogP contribution in [0, 0.1) is 5.92 Å². The summed E-state index contributed by atoms with van der Waals surface area (Å²) >= 11 is 0. The highest BCUT2D eigenvalue weighted by molar-refractivity contribution is 5.81. The number of hydrogen-bond donors (Lipinski definition) is 1. The van der Waals surface area contributed by atoms with Crippen LogP contribution in [0.3, 0.4) is 0 Å². The van der Waals surface area contributed by atoms with Gasteiger partial charge in [-0.3, -0.25) is 4.99 Å². The van der Waals surface area contributed by atoms with Crippen LogP contribution in [0.5, 0.6) is 0 Å². The first kappa shape index (κ1) is 13.2. The predicted molar refractivity (Wildman–Crippen MR) is 86.3 cm³/mol. The third kappa shape index (κ3) is 1.90. The largest absolute Gasteiger partial charge is 0.370 e. The molecule has 0 amide bonds. The third-order valence-electron chi connectivity index (χ3n) is 5.75. The van der Waals surface area contributed by atoms with Crippen molar-refractivity contribution < 1.29 is 0 Å². The van der Waals surface area contributed by atoms with Gasteiger partial charge in [-0.2, -0.15) is 0 Å². The monoisotopic (exact) mass is 283 g/mol. The van der Waals surface area contributed by atoms with Gasteiger partial charge in [0, 0.05) is 6.54 Å². The van der Waals surface area contributed by atoms with E-state index in [-0.39, 0.29) is 11.0 Å². The first-order valence-corrected chi connectivity index (χ1v) is 8.20. The Morgan fingerprint density at radius 3 is 2.62 bits per heavy atom. The Morgan fingerprint density at radius 1 is 1.19 bits per heavy atom. The summed E-state index contributed by atoms with van der Waals surface area (Å²) in [6, 6.07) is 8.96. The van der Waals surface area contributed by atoms with Crippen LogP contribution in [0.4, 0.5) is 0 Å². The quantitative estimate of drug-likeness (QED) is 0.906. The SMILES string of the molecule is CC1(C)CCC2(CN=C(N)N2CC2CC2)c2ccccc21. The molecule has 0 saturated heterocycles. The molecule has 1 saturated carbocycles. The van der Waals surface area contributed by atoms with E-state index in [1.807, 2.05) is 0 Å². The van der Waals surface area contributed by atoms with Gasteiger partial charge in [0.05, 0.1) is 12.1 Å². The molecule has 0 aromatic heterocycles. The molecule has 1 atom stereocenters. The van der Waals surface area contributed by atoms with E-state index in [0.29, 0.717) is 0 Å². The third-order valence-corrected chi connectivity index (χ3v) is 5.75. The van der Waals surface area contributed by atoms with E-state index < -0.39 is 0 Å². The van der Waals surface area contributed by atoms with E-state index in [2.05, 4.69) is 48.0 Å². The molecule has 1 unspecified atom stereocenters. The van der Waals surface area contributed by atoms with Gasteiger partial charge in [0.2, 0.25) is 0 Å². The van der Waals surface area contributed by atoms with Gasteiger partial charge in [-0.15, -0.1) is 0 Å². The van der Waals surface area contributed by atoms with Crippen molar-refractivity contribution in [3.05, 3.63) is 35.4 Å². The van der Waals surface area contributed by atoms with Crippen molar-refractivity contribution in [3.8, 4) is 0 Å². The Kier molecular flexibility index (Phi) is 2.66. The summed E-state index contributed by atoms with van der Waals surface area (Å²) in [7, 11) is 0. The molecule has 1 spiro atoms. The number of nitrogens with two attached hydrogens (primary N) is 1. The number of aliphatic imine (C=N–C) groups is 1. The van der Waals surface area contributed by atoms with Gasteiger partial charge in [0.15, 0.2) is 5.96 Å². The lowest BCUT2D eigenvalue weighted by molar-refractivity contribution is 0.146. The summed E-state index contributed by atoms with van der Waals surface area (Å²) in [5.41, 5.74) is 9.49. The molecule has 2 N–H and O–H groups in total. The minimum atomic E-state index is 0.0266. The topological polar surface area (TPSA) is 41.6 Å². The van der Waals surface area contributed by atoms with Crippen LogP contribution in [-0.4, -0.2) is 23.9 Å². The van der Waals surface area contributed by atoms with Crippen LogP contribution in [0.1, 0.15) is 50.7 Å². The lowest BCUT2D eigenvalue weighted by Crippen LogP contribution is -2.53. The predicted octanol–water partition coefficient (Wildman–Crippen LogP) is 2.99. The maximum absolute atomic E-state index is 6.26. The van der Waals surface area contributed by atoms with Crippen molar-refractivity contribution in [2.45, 2.75) is 50.5 Å². The van der Waals surface area contributed by atoms with Gasteiger partial charge in [-0.25, -0.2) is 0 Å². The molecule has 2 aliphatic carbocycles. The highest BCUT2D eigenvalue weighted by Gasteiger charge is 2.50. The summed E-state index contributed by atoms with van der Waals surface area (Å²) in [6.45, 7) is 6.65. The molecule has 112 valence electrons. The van der Waals surface area contributed by atoms with Gasteiger partial charge in [0.25, 0.3) is 0 Å². The van der Waals surface area contributed by atoms with Crippen LogP contribution in [0.2, 0.25) is 0 Å². The lowest BCUT2D eigenvalue weighted by Gasteiger charge is -2.48. The maximum atomic E-state index is 6.26. The molecule has 1 heterocycles. The second-order valence-electron chi connectivity index (χ2n) is 7.69. The zero-order valence-electron chi connectivity index (χ0n) is 13.1. The second-order valence-corrected chi connectivity index (χ2v) is 7.69. The summed E-state index contributed by atoms with van der Waals surface area (Å²) in [4.78, 5) is 7.07. The van der Waals surface area contributed by atoms with Gasteiger partial charge in [-0.1, -0.05) is 38.1 Å². The minimum absolute atomic E-state index is 0.0266. The number of guanidine groups is 1. The molecule has 3 heteroatoms. The number of rotatable bonds is 2. The average Bonchev–Trinajstić information content (AvgIpc) is 3.24. The Labute approximate surface area is 127 Å². The molecule has 1 aromatic carbocycles. The fraction of sp³-hybridized carbons (Fsp3) is 0.611. The Hall–Kier alpha value is -1.51. The van der Waals surface area contributed by atoms with Crippen molar-refractivity contribution in [2.75, 3.05) is 13.1 Å². The van der Waals surface area contributed by atoms with E-state index in [9.17, 15) is 0 Å². The normalized spacial score (nSPS) is 30.4. The number of nitrogens with zero attached hydrogens (tertiary/aromatic N) is 2. The van der Waals surface area contributed by atoms with E-state index in [0.717, 1.165) is 31.4 Å². The molecule has 1 aromatic rings. The summed E-state index contributed by atoms with van der Waals surface area (Å²) < 4.78 is 0. The van der Waals surface area contributed by atoms with Crippen molar-refractivity contribution >= 4 is 5.96 Å². The molecule has 3 aliphatic rings. The molecule has 1 fully saturated rings. The molecule has 3 nitrogen and oxygen atoms in total. The van der Waals surface area contributed by atoms with Crippen LogP contribution in [-0.2, 0) is 11.0 Å². The Balaban J connectivity index is 1.80. The Bertz CT molecular complexity index is 600. The molecule has 21 heavy (non-hydrogen) atoms. The highest BCUT2D eigenvalue weighted by Crippen LogP contribution is 2.50. The summed E-state index contributed by atoms with van der Waals surface area (Å²) in [6.07, 6.45) is 5.07. The van der Waals surface area contributed by atoms with Crippen molar-refractivity contribution in [2.24, 2.45) is 16.6 Å². The average molecular weight is 283 g/mol. The first-order valence-electron chi connectivity index (χ1n) is 8.20. The second kappa shape index (κ2) is 4.25. The molecule has 1 aliphatic heterocycles. The van der Waals surface area contributed by atoms with Gasteiger partial charge < -0.3 is 10.6 Å². The minimum Gasteiger partial charge on any atom is -0.370 e. The van der Waals surface area contributed by atoms with Crippen molar-refractivity contribution in [1.82, 2.24) is 4.90 Å². The zero-order valence-corrected chi connectivity index (χ0v) is 13.1.